The number of benzene rings is 1. The Morgan fingerprint density at radius 1 is 1.14 bits per heavy atom. The zero-order valence-electron chi connectivity index (χ0n) is 10.3. The van der Waals surface area contributed by atoms with Crippen LogP contribution in [-0.2, 0) is 0 Å². The van der Waals surface area contributed by atoms with Crippen molar-refractivity contribution >= 4 is 55.1 Å². The van der Waals surface area contributed by atoms with E-state index in [0.717, 1.165) is 14.6 Å². The summed E-state index contributed by atoms with van der Waals surface area (Å²) in [6.07, 6.45) is 3.36. The molecule has 3 rings (SSSR count). The molecule has 6 nitrogen and oxygen atoms in total. The van der Waals surface area contributed by atoms with Crippen LogP contribution in [0.15, 0.2) is 45.6 Å². The number of anilines is 2. The minimum atomic E-state index is 0.0871. The van der Waals surface area contributed by atoms with E-state index >= 15 is 0 Å². The van der Waals surface area contributed by atoms with E-state index in [0.29, 0.717) is 11.9 Å². The molecule has 0 saturated heterocycles. The van der Waals surface area contributed by atoms with Gasteiger partial charge in [-0.25, -0.2) is 4.68 Å². The fraction of sp³-hybridized carbons (Fsp3) is 0. The van der Waals surface area contributed by atoms with Crippen LogP contribution in [0, 0.1) is 0 Å². The normalized spacial score (nSPS) is 10.6. The van der Waals surface area contributed by atoms with Gasteiger partial charge in [0.2, 0.25) is 11.2 Å². The van der Waals surface area contributed by atoms with Gasteiger partial charge in [0.15, 0.2) is 0 Å². The van der Waals surface area contributed by atoms with Crippen molar-refractivity contribution in [3.63, 3.8) is 0 Å². The van der Waals surface area contributed by atoms with E-state index in [9.17, 15) is 0 Å². The van der Waals surface area contributed by atoms with Crippen LogP contribution in [0.3, 0.4) is 0 Å². The summed E-state index contributed by atoms with van der Waals surface area (Å²) in [6.45, 7) is 0. The molecule has 2 aromatic heterocycles. The van der Waals surface area contributed by atoms with Gasteiger partial charge in [0, 0.05) is 21.3 Å². The van der Waals surface area contributed by atoms with Crippen LogP contribution in [-0.4, -0.2) is 24.7 Å². The van der Waals surface area contributed by atoms with Crippen molar-refractivity contribution < 1.29 is 0 Å². The van der Waals surface area contributed by atoms with Gasteiger partial charge in [-0.05, 0) is 51.8 Å². The van der Waals surface area contributed by atoms with Gasteiger partial charge in [-0.15, -0.1) is 0 Å². The van der Waals surface area contributed by atoms with Crippen molar-refractivity contribution in [3.8, 4) is 5.95 Å². The first-order valence-electron chi connectivity index (χ1n) is 5.75. The lowest BCUT2D eigenvalue weighted by atomic mass is 10.3. The molecule has 21 heavy (non-hydrogen) atoms. The number of nitrogens with zero attached hydrogens (tertiary/aromatic N) is 5. The summed E-state index contributed by atoms with van der Waals surface area (Å²) >= 11 is 12.8. The van der Waals surface area contributed by atoms with Gasteiger partial charge in [-0.3, -0.25) is 0 Å². The SMILES string of the molecule is Clc1nc(Nc2cc(Br)ccc2Br)nc(-n2cccn2)n1. The Bertz CT molecular complexity index is 777. The van der Waals surface area contributed by atoms with E-state index in [4.69, 9.17) is 11.6 Å². The molecule has 0 amide bonds. The fourth-order valence-electron chi connectivity index (χ4n) is 1.60. The monoisotopic (exact) mass is 428 g/mol. The second-order valence-corrected chi connectivity index (χ2v) is 6.04. The highest BCUT2D eigenvalue weighted by Crippen LogP contribution is 2.28. The average Bonchev–Trinajstić information content (AvgIpc) is 2.96. The molecular weight excluding hydrogens is 423 g/mol. The number of nitrogens with one attached hydrogen (secondary N) is 1. The number of aromatic nitrogens is 5. The maximum Gasteiger partial charge on any atom is 0.256 e. The lowest BCUT2D eigenvalue weighted by Gasteiger charge is -2.09. The molecule has 0 atom stereocenters. The number of halogens is 3. The Labute approximate surface area is 141 Å². The summed E-state index contributed by atoms with van der Waals surface area (Å²) in [4.78, 5) is 12.4. The molecule has 106 valence electrons. The highest BCUT2D eigenvalue weighted by molar-refractivity contribution is 9.11. The van der Waals surface area contributed by atoms with Gasteiger partial charge in [-0.1, -0.05) is 15.9 Å². The molecule has 0 aliphatic rings. The summed E-state index contributed by atoms with van der Waals surface area (Å²) in [7, 11) is 0. The Morgan fingerprint density at radius 2 is 2.00 bits per heavy atom. The third kappa shape index (κ3) is 3.39. The summed E-state index contributed by atoms with van der Waals surface area (Å²) in [5.41, 5.74) is 0.804. The molecule has 0 bridgehead atoms. The molecule has 0 spiro atoms. The van der Waals surface area contributed by atoms with E-state index < -0.39 is 0 Å². The molecule has 2 heterocycles. The molecule has 0 aliphatic carbocycles. The summed E-state index contributed by atoms with van der Waals surface area (Å²) in [5, 5.41) is 7.25. The first-order valence-corrected chi connectivity index (χ1v) is 7.72. The second-order valence-electron chi connectivity index (χ2n) is 3.93. The van der Waals surface area contributed by atoms with E-state index in [2.05, 4.69) is 57.2 Å². The third-order valence-electron chi connectivity index (χ3n) is 2.48. The second kappa shape index (κ2) is 6.08. The summed E-state index contributed by atoms with van der Waals surface area (Å²) < 4.78 is 3.32. The lowest BCUT2D eigenvalue weighted by molar-refractivity contribution is 0.798. The third-order valence-corrected chi connectivity index (χ3v) is 3.83. The zero-order chi connectivity index (χ0) is 14.8. The molecular formula is C12H7Br2ClN6. The van der Waals surface area contributed by atoms with Crippen molar-refractivity contribution in [2.24, 2.45) is 0 Å². The first kappa shape index (κ1) is 14.4. The van der Waals surface area contributed by atoms with Gasteiger partial charge >= 0.3 is 0 Å². The molecule has 0 aliphatic heterocycles. The maximum atomic E-state index is 5.94. The van der Waals surface area contributed by atoms with Gasteiger partial charge in [0.1, 0.15) is 0 Å². The van der Waals surface area contributed by atoms with E-state index in [1.807, 2.05) is 18.2 Å². The maximum absolute atomic E-state index is 5.94. The molecule has 1 N–H and O–H groups in total. The van der Waals surface area contributed by atoms with Crippen LogP contribution >= 0.6 is 43.5 Å². The van der Waals surface area contributed by atoms with Crippen molar-refractivity contribution in [2.75, 3.05) is 5.32 Å². The van der Waals surface area contributed by atoms with Crippen LogP contribution in [0.5, 0.6) is 0 Å². The number of hydrogen-bond donors (Lipinski definition) is 1. The van der Waals surface area contributed by atoms with Crippen molar-refractivity contribution in [1.82, 2.24) is 24.7 Å². The highest BCUT2D eigenvalue weighted by Gasteiger charge is 2.09. The van der Waals surface area contributed by atoms with Crippen LogP contribution in [0.1, 0.15) is 0 Å². The molecule has 0 unspecified atom stereocenters. The minimum Gasteiger partial charge on any atom is -0.323 e. The standard InChI is InChI=1S/C12H7Br2ClN6/c13-7-2-3-8(14)9(6-7)17-11-18-10(15)19-12(20-11)21-5-1-4-16-21/h1-6H,(H,17,18,19,20). The van der Waals surface area contributed by atoms with Crippen LogP contribution in [0.2, 0.25) is 5.28 Å². The Hall–Kier alpha value is -1.51. The van der Waals surface area contributed by atoms with Crippen LogP contribution < -0.4 is 5.32 Å². The topological polar surface area (TPSA) is 68.5 Å². The molecule has 0 saturated carbocycles. The number of rotatable bonds is 3. The van der Waals surface area contributed by atoms with Crippen molar-refractivity contribution in [2.45, 2.75) is 0 Å². The summed E-state index contributed by atoms with van der Waals surface area (Å²) in [5.74, 6) is 0.674. The highest BCUT2D eigenvalue weighted by atomic mass is 79.9. The lowest BCUT2D eigenvalue weighted by Crippen LogP contribution is -2.07. The van der Waals surface area contributed by atoms with Gasteiger partial charge < -0.3 is 5.32 Å². The first-order chi connectivity index (χ1) is 10.1. The summed E-state index contributed by atoms with van der Waals surface area (Å²) in [6, 6.07) is 7.50. The van der Waals surface area contributed by atoms with Crippen molar-refractivity contribution in [1.29, 1.82) is 0 Å². The Balaban J connectivity index is 1.97. The number of hydrogen-bond acceptors (Lipinski definition) is 5. The van der Waals surface area contributed by atoms with Crippen LogP contribution in [0.25, 0.3) is 5.95 Å². The minimum absolute atomic E-state index is 0.0871. The van der Waals surface area contributed by atoms with Gasteiger partial charge in [-0.2, -0.15) is 20.1 Å². The quantitative estimate of drug-likeness (QED) is 0.681. The van der Waals surface area contributed by atoms with Crippen LogP contribution in [0.4, 0.5) is 11.6 Å². The molecule has 0 radical (unpaired) electrons. The van der Waals surface area contributed by atoms with E-state index in [-0.39, 0.29) is 5.28 Å². The van der Waals surface area contributed by atoms with E-state index in [1.54, 1.807) is 18.5 Å². The van der Waals surface area contributed by atoms with Crippen molar-refractivity contribution in [3.05, 3.63) is 50.9 Å². The molecule has 0 fully saturated rings. The van der Waals surface area contributed by atoms with E-state index in [1.165, 1.54) is 4.68 Å². The Kier molecular flexibility index (Phi) is 4.18. The molecule has 9 heteroatoms. The predicted molar refractivity (Wildman–Crippen MR) is 87.1 cm³/mol. The van der Waals surface area contributed by atoms with Gasteiger partial charge in [0.25, 0.3) is 5.95 Å². The molecule has 1 aromatic carbocycles. The largest absolute Gasteiger partial charge is 0.323 e. The zero-order valence-corrected chi connectivity index (χ0v) is 14.3. The average molecular weight is 430 g/mol. The fourth-order valence-corrected chi connectivity index (χ4v) is 2.46. The van der Waals surface area contributed by atoms with Gasteiger partial charge in [0.05, 0.1) is 5.69 Å². The Morgan fingerprint density at radius 3 is 2.76 bits per heavy atom. The molecule has 3 aromatic rings. The smallest absolute Gasteiger partial charge is 0.256 e. The predicted octanol–water partition coefficient (Wildman–Crippen LogP) is 3.98.